The number of ether oxygens (including phenoxy) is 4. The Morgan fingerprint density at radius 2 is 1.11 bits per heavy atom. The Kier molecular flexibility index (Phi) is 4.27. The first-order valence-corrected chi connectivity index (χ1v) is 7.01. The quantitative estimate of drug-likeness (QED) is 0.769. The summed E-state index contributed by atoms with van der Waals surface area (Å²) in [5.41, 5.74) is 2.12. The Balaban J connectivity index is 1.96. The van der Waals surface area contributed by atoms with Crippen LogP contribution < -0.4 is 0 Å². The molecule has 0 aromatic heterocycles. The van der Waals surface area contributed by atoms with E-state index < -0.39 is 0 Å². The molecule has 2 saturated heterocycles. The summed E-state index contributed by atoms with van der Waals surface area (Å²) < 4.78 is 22.9. The van der Waals surface area contributed by atoms with Gasteiger partial charge in [-0.25, -0.2) is 0 Å². The van der Waals surface area contributed by atoms with Crippen LogP contribution in [-0.2, 0) is 18.9 Å². The second kappa shape index (κ2) is 5.76. The van der Waals surface area contributed by atoms with Gasteiger partial charge in [0, 0.05) is 11.1 Å². The summed E-state index contributed by atoms with van der Waals surface area (Å²) in [7, 11) is 0. The Bertz CT molecular complexity index is 333. The largest absolute Gasteiger partial charge is 0.464 e. The molecular formula is C15H24O4. The minimum atomic E-state index is -0.172. The molecule has 2 heterocycles. The molecule has 108 valence electrons. The van der Waals surface area contributed by atoms with Crippen molar-refractivity contribution in [3.63, 3.8) is 0 Å². The van der Waals surface area contributed by atoms with Crippen LogP contribution in [0.5, 0.6) is 0 Å². The van der Waals surface area contributed by atoms with Crippen LogP contribution in [0.2, 0.25) is 0 Å². The fraction of sp³-hybridized carbons (Fsp3) is 0.733. The SMILES string of the molecule is CCC(C)=C1OCC2(CO1)COC(=C(C)CC)OC2. The Morgan fingerprint density at radius 3 is 1.37 bits per heavy atom. The normalized spacial score (nSPS) is 26.1. The van der Waals surface area contributed by atoms with E-state index in [9.17, 15) is 0 Å². The molecular weight excluding hydrogens is 244 g/mol. The molecule has 0 N–H and O–H groups in total. The molecule has 19 heavy (non-hydrogen) atoms. The zero-order chi connectivity index (χ0) is 13.9. The van der Waals surface area contributed by atoms with Crippen LogP contribution in [-0.4, -0.2) is 26.4 Å². The number of hydrogen-bond acceptors (Lipinski definition) is 4. The third kappa shape index (κ3) is 2.99. The maximum atomic E-state index is 5.73. The summed E-state index contributed by atoms with van der Waals surface area (Å²) in [5.74, 6) is 1.36. The summed E-state index contributed by atoms with van der Waals surface area (Å²) in [6.45, 7) is 10.6. The average Bonchev–Trinajstić information content (AvgIpc) is 2.47. The maximum absolute atomic E-state index is 5.73. The molecule has 0 bridgehead atoms. The summed E-state index contributed by atoms with van der Waals surface area (Å²) in [6.07, 6.45) is 1.88. The van der Waals surface area contributed by atoms with Crippen molar-refractivity contribution >= 4 is 0 Å². The Morgan fingerprint density at radius 1 is 0.789 bits per heavy atom. The molecule has 2 aliphatic rings. The zero-order valence-corrected chi connectivity index (χ0v) is 12.4. The summed E-state index contributed by atoms with van der Waals surface area (Å²) >= 11 is 0. The lowest BCUT2D eigenvalue weighted by Gasteiger charge is -2.40. The molecule has 0 radical (unpaired) electrons. The molecule has 0 atom stereocenters. The Hall–Kier alpha value is -1.32. The van der Waals surface area contributed by atoms with Crippen molar-refractivity contribution in [2.24, 2.45) is 5.41 Å². The lowest BCUT2D eigenvalue weighted by Crippen LogP contribution is -2.47. The van der Waals surface area contributed by atoms with Gasteiger partial charge in [0.25, 0.3) is 11.9 Å². The van der Waals surface area contributed by atoms with Crippen LogP contribution in [0.4, 0.5) is 0 Å². The molecule has 0 amide bonds. The standard InChI is InChI=1S/C15H24O4/c1-5-11(3)13-16-7-15(8-17-13)9-18-14(19-10-15)12(4)6-2/h5-10H2,1-4H3. The highest BCUT2D eigenvalue weighted by molar-refractivity contribution is 5.05. The summed E-state index contributed by atoms with van der Waals surface area (Å²) in [4.78, 5) is 0. The molecule has 2 rings (SSSR count). The molecule has 0 aromatic carbocycles. The summed E-state index contributed by atoms with van der Waals surface area (Å²) in [5, 5.41) is 0. The molecule has 0 saturated carbocycles. The second-order valence-electron chi connectivity index (χ2n) is 5.50. The number of hydrogen-bond donors (Lipinski definition) is 0. The van der Waals surface area contributed by atoms with Crippen molar-refractivity contribution in [1.29, 1.82) is 0 Å². The third-order valence-corrected chi connectivity index (χ3v) is 3.80. The molecule has 0 aromatic rings. The first-order valence-electron chi connectivity index (χ1n) is 7.01. The lowest BCUT2D eigenvalue weighted by molar-refractivity contribution is -0.187. The van der Waals surface area contributed by atoms with Gasteiger partial charge in [0.15, 0.2) is 0 Å². The first-order chi connectivity index (χ1) is 9.10. The van der Waals surface area contributed by atoms with E-state index in [1.807, 2.05) is 13.8 Å². The highest BCUT2D eigenvalue weighted by atomic mass is 16.7. The monoisotopic (exact) mass is 268 g/mol. The van der Waals surface area contributed by atoms with Crippen LogP contribution >= 0.6 is 0 Å². The van der Waals surface area contributed by atoms with Crippen molar-refractivity contribution in [3.8, 4) is 0 Å². The van der Waals surface area contributed by atoms with Gasteiger partial charge in [0.1, 0.15) is 31.8 Å². The van der Waals surface area contributed by atoms with E-state index in [-0.39, 0.29) is 5.41 Å². The summed E-state index contributed by atoms with van der Waals surface area (Å²) in [6, 6.07) is 0. The van der Waals surface area contributed by atoms with Crippen LogP contribution in [0.15, 0.2) is 23.0 Å². The fourth-order valence-electron chi connectivity index (χ4n) is 1.99. The topological polar surface area (TPSA) is 36.9 Å². The van der Waals surface area contributed by atoms with E-state index in [0.29, 0.717) is 38.3 Å². The van der Waals surface area contributed by atoms with Crippen LogP contribution in [0, 0.1) is 5.41 Å². The van der Waals surface area contributed by atoms with Gasteiger partial charge in [0.2, 0.25) is 0 Å². The predicted octanol–water partition coefficient (Wildman–Crippen LogP) is 3.35. The fourth-order valence-corrected chi connectivity index (χ4v) is 1.99. The van der Waals surface area contributed by atoms with Crippen LogP contribution in [0.1, 0.15) is 40.5 Å². The van der Waals surface area contributed by atoms with Gasteiger partial charge in [0.05, 0.1) is 0 Å². The average molecular weight is 268 g/mol. The molecule has 4 heteroatoms. The van der Waals surface area contributed by atoms with Crippen molar-refractivity contribution < 1.29 is 18.9 Å². The highest BCUT2D eigenvalue weighted by Crippen LogP contribution is 2.34. The smallest absolute Gasteiger partial charge is 0.277 e. The van der Waals surface area contributed by atoms with Crippen molar-refractivity contribution in [1.82, 2.24) is 0 Å². The minimum Gasteiger partial charge on any atom is -0.464 e. The van der Waals surface area contributed by atoms with Gasteiger partial charge in [-0.05, 0) is 26.7 Å². The third-order valence-electron chi connectivity index (χ3n) is 3.80. The molecule has 0 aliphatic carbocycles. The van der Waals surface area contributed by atoms with E-state index in [0.717, 1.165) is 24.0 Å². The van der Waals surface area contributed by atoms with E-state index in [1.165, 1.54) is 0 Å². The number of allylic oxidation sites excluding steroid dienone is 2. The molecule has 1 spiro atoms. The van der Waals surface area contributed by atoms with Crippen LogP contribution in [0.25, 0.3) is 0 Å². The van der Waals surface area contributed by atoms with Gasteiger partial charge < -0.3 is 18.9 Å². The minimum absolute atomic E-state index is 0.172. The van der Waals surface area contributed by atoms with Gasteiger partial charge >= 0.3 is 0 Å². The molecule has 4 nitrogen and oxygen atoms in total. The van der Waals surface area contributed by atoms with E-state index in [1.54, 1.807) is 0 Å². The number of rotatable bonds is 2. The highest BCUT2D eigenvalue weighted by Gasteiger charge is 2.42. The predicted molar refractivity (Wildman–Crippen MR) is 72.2 cm³/mol. The van der Waals surface area contributed by atoms with Crippen molar-refractivity contribution in [2.75, 3.05) is 26.4 Å². The van der Waals surface area contributed by atoms with Crippen LogP contribution in [0.3, 0.4) is 0 Å². The first kappa shape index (κ1) is 14.1. The lowest BCUT2D eigenvalue weighted by atomic mass is 9.91. The van der Waals surface area contributed by atoms with Gasteiger partial charge in [-0.3, -0.25) is 0 Å². The van der Waals surface area contributed by atoms with Gasteiger partial charge in [-0.1, -0.05) is 13.8 Å². The Labute approximate surface area is 115 Å². The van der Waals surface area contributed by atoms with Gasteiger partial charge in [-0.2, -0.15) is 0 Å². The maximum Gasteiger partial charge on any atom is 0.277 e. The molecule has 0 unspecified atom stereocenters. The molecule has 2 fully saturated rings. The van der Waals surface area contributed by atoms with E-state index >= 15 is 0 Å². The van der Waals surface area contributed by atoms with Gasteiger partial charge in [-0.15, -0.1) is 0 Å². The molecule has 2 aliphatic heterocycles. The van der Waals surface area contributed by atoms with Crippen molar-refractivity contribution in [2.45, 2.75) is 40.5 Å². The zero-order valence-electron chi connectivity index (χ0n) is 12.4. The van der Waals surface area contributed by atoms with E-state index in [4.69, 9.17) is 18.9 Å². The van der Waals surface area contributed by atoms with E-state index in [2.05, 4.69) is 13.8 Å². The van der Waals surface area contributed by atoms with Crippen molar-refractivity contribution in [3.05, 3.63) is 23.0 Å². The second-order valence-corrected chi connectivity index (χ2v) is 5.50.